The van der Waals surface area contributed by atoms with E-state index in [1.165, 1.54) is 0 Å². The highest BCUT2D eigenvalue weighted by atomic mass is 32.2. The van der Waals surface area contributed by atoms with Crippen molar-refractivity contribution in [2.75, 3.05) is 13.1 Å². The second kappa shape index (κ2) is 7.33. The van der Waals surface area contributed by atoms with Crippen LogP contribution in [0.4, 0.5) is 0 Å². The quantitative estimate of drug-likeness (QED) is 0.870. The van der Waals surface area contributed by atoms with Crippen molar-refractivity contribution < 1.29 is 13.2 Å². The maximum atomic E-state index is 12.3. The molecule has 2 heterocycles. The van der Waals surface area contributed by atoms with Crippen molar-refractivity contribution in [3.63, 3.8) is 0 Å². The molecule has 7 nitrogen and oxygen atoms in total. The van der Waals surface area contributed by atoms with Crippen molar-refractivity contribution in [2.45, 2.75) is 64.5 Å². The number of hydrogen-bond donors (Lipinski definition) is 1. The van der Waals surface area contributed by atoms with Gasteiger partial charge in [0.1, 0.15) is 6.10 Å². The number of rotatable bonds is 5. The van der Waals surface area contributed by atoms with Gasteiger partial charge in [0.05, 0.1) is 0 Å². The minimum atomic E-state index is -3.33. The van der Waals surface area contributed by atoms with Gasteiger partial charge < -0.3 is 4.74 Å². The van der Waals surface area contributed by atoms with E-state index in [1.807, 2.05) is 19.9 Å². The Hall–Kier alpha value is -1.25. The van der Waals surface area contributed by atoms with E-state index in [1.54, 1.807) is 4.31 Å². The number of aryl methyl sites for hydroxylation is 2. The smallest absolute Gasteiger partial charge is 0.317 e. The first-order valence-electron chi connectivity index (χ1n) is 8.69. The molecular formula is C16H26N4O3S. The van der Waals surface area contributed by atoms with Gasteiger partial charge in [-0.3, -0.25) is 0 Å². The molecule has 1 aliphatic heterocycles. The minimum absolute atomic E-state index is 0.00406. The Morgan fingerprint density at radius 2 is 1.67 bits per heavy atom. The Labute approximate surface area is 144 Å². The topological polar surface area (TPSA) is 84.4 Å². The summed E-state index contributed by atoms with van der Waals surface area (Å²) in [6, 6.07) is 2.33. The first-order chi connectivity index (χ1) is 11.4. The summed E-state index contributed by atoms with van der Waals surface area (Å²) in [6.07, 6.45) is 5.14. The predicted molar refractivity (Wildman–Crippen MR) is 91.0 cm³/mol. The molecule has 0 atom stereocenters. The summed E-state index contributed by atoms with van der Waals surface area (Å²) in [7, 11) is -3.33. The van der Waals surface area contributed by atoms with Crippen LogP contribution in [-0.4, -0.2) is 47.9 Å². The average molecular weight is 354 g/mol. The standard InChI is InChI=1S/C16H26N4O3S/c1-12-11-13(2)18-16(17-12)23-15-7-5-14(6-8-15)19-24(21,22)20-9-3-4-10-20/h11,14-15,19H,3-10H2,1-2H3. The van der Waals surface area contributed by atoms with Gasteiger partial charge in [-0.2, -0.15) is 17.4 Å². The van der Waals surface area contributed by atoms with Gasteiger partial charge >= 0.3 is 6.01 Å². The molecule has 1 aliphatic carbocycles. The van der Waals surface area contributed by atoms with Crippen molar-refractivity contribution >= 4 is 10.2 Å². The molecule has 0 aromatic carbocycles. The van der Waals surface area contributed by atoms with Crippen LogP contribution in [0.3, 0.4) is 0 Å². The Kier molecular flexibility index (Phi) is 5.36. The van der Waals surface area contributed by atoms with Crippen molar-refractivity contribution in [1.29, 1.82) is 0 Å². The molecule has 0 amide bonds. The molecule has 8 heteroatoms. The Morgan fingerprint density at radius 1 is 1.08 bits per heavy atom. The average Bonchev–Trinajstić information content (AvgIpc) is 3.03. The predicted octanol–water partition coefficient (Wildman–Crippen LogP) is 1.71. The van der Waals surface area contributed by atoms with Crippen LogP contribution in [0.5, 0.6) is 6.01 Å². The highest BCUT2D eigenvalue weighted by molar-refractivity contribution is 7.87. The van der Waals surface area contributed by atoms with Gasteiger partial charge in [-0.1, -0.05) is 0 Å². The van der Waals surface area contributed by atoms with Gasteiger partial charge in [-0.15, -0.1) is 0 Å². The molecular weight excluding hydrogens is 328 g/mol. The molecule has 0 spiro atoms. The molecule has 134 valence electrons. The summed E-state index contributed by atoms with van der Waals surface area (Å²) in [5.74, 6) is 0. The monoisotopic (exact) mass is 354 g/mol. The van der Waals surface area contributed by atoms with E-state index in [0.717, 1.165) is 49.9 Å². The zero-order valence-corrected chi connectivity index (χ0v) is 15.2. The largest absolute Gasteiger partial charge is 0.460 e. The molecule has 1 N–H and O–H groups in total. The molecule has 3 rings (SSSR count). The fraction of sp³-hybridized carbons (Fsp3) is 0.750. The van der Waals surface area contributed by atoms with Gasteiger partial charge in [0.2, 0.25) is 0 Å². The third-order valence-corrected chi connectivity index (χ3v) is 6.30. The van der Waals surface area contributed by atoms with E-state index in [2.05, 4.69) is 14.7 Å². The van der Waals surface area contributed by atoms with Crippen LogP contribution in [-0.2, 0) is 10.2 Å². The third-order valence-electron chi connectivity index (χ3n) is 4.63. The van der Waals surface area contributed by atoms with Crippen LogP contribution in [0.2, 0.25) is 0 Å². The van der Waals surface area contributed by atoms with Crippen LogP contribution >= 0.6 is 0 Å². The lowest BCUT2D eigenvalue weighted by Crippen LogP contribution is -2.46. The number of nitrogens with one attached hydrogen (secondary N) is 1. The molecule has 0 unspecified atom stereocenters. The summed E-state index contributed by atoms with van der Waals surface area (Å²) < 4.78 is 34.9. The normalized spacial score (nSPS) is 25.8. The van der Waals surface area contributed by atoms with Gasteiger partial charge in [0.15, 0.2) is 0 Å². The lowest BCUT2D eigenvalue weighted by molar-refractivity contribution is 0.131. The molecule has 24 heavy (non-hydrogen) atoms. The number of aromatic nitrogens is 2. The SMILES string of the molecule is Cc1cc(C)nc(OC2CCC(NS(=O)(=O)N3CCCC3)CC2)n1. The van der Waals surface area contributed by atoms with E-state index in [-0.39, 0.29) is 12.1 Å². The summed E-state index contributed by atoms with van der Waals surface area (Å²) >= 11 is 0. The fourth-order valence-electron chi connectivity index (χ4n) is 3.41. The van der Waals surface area contributed by atoms with Crippen molar-refractivity contribution in [3.05, 3.63) is 17.5 Å². The Morgan fingerprint density at radius 3 is 2.25 bits per heavy atom. The molecule has 0 radical (unpaired) electrons. The number of hydrogen-bond acceptors (Lipinski definition) is 5. The molecule has 2 fully saturated rings. The van der Waals surface area contributed by atoms with Gasteiger partial charge in [0, 0.05) is 30.5 Å². The maximum absolute atomic E-state index is 12.3. The third kappa shape index (κ3) is 4.43. The molecule has 1 aromatic rings. The van der Waals surface area contributed by atoms with Gasteiger partial charge in [0.25, 0.3) is 10.2 Å². The summed E-state index contributed by atoms with van der Waals surface area (Å²) in [5, 5.41) is 0. The van der Waals surface area contributed by atoms with E-state index in [0.29, 0.717) is 19.1 Å². The second-order valence-corrected chi connectivity index (χ2v) is 8.46. The van der Waals surface area contributed by atoms with Crippen LogP contribution in [0.1, 0.15) is 49.9 Å². The highest BCUT2D eigenvalue weighted by Crippen LogP contribution is 2.24. The minimum Gasteiger partial charge on any atom is -0.460 e. The zero-order valence-electron chi connectivity index (χ0n) is 14.4. The van der Waals surface area contributed by atoms with Gasteiger partial charge in [-0.05, 0) is 58.4 Å². The van der Waals surface area contributed by atoms with Crippen molar-refractivity contribution in [3.8, 4) is 6.01 Å². The fourth-order valence-corrected chi connectivity index (χ4v) is 4.95. The molecule has 2 aliphatic rings. The first kappa shape index (κ1) is 17.6. The molecule has 1 saturated carbocycles. The lowest BCUT2D eigenvalue weighted by atomic mass is 9.94. The Bertz CT molecular complexity index is 646. The van der Waals surface area contributed by atoms with Crippen LogP contribution < -0.4 is 9.46 Å². The number of nitrogens with zero attached hydrogens (tertiary/aromatic N) is 3. The van der Waals surface area contributed by atoms with Crippen LogP contribution in [0.25, 0.3) is 0 Å². The van der Waals surface area contributed by atoms with E-state index in [4.69, 9.17) is 4.74 Å². The van der Waals surface area contributed by atoms with E-state index < -0.39 is 10.2 Å². The highest BCUT2D eigenvalue weighted by Gasteiger charge is 2.30. The maximum Gasteiger partial charge on any atom is 0.317 e. The van der Waals surface area contributed by atoms with Crippen molar-refractivity contribution in [1.82, 2.24) is 19.0 Å². The summed E-state index contributed by atoms with van der Waals surface area (Å²) in [5.41, 5.74) is 1.79. The molecule has 1 saturated heterocycles. The van der Waals surface area contributed by atoms with Crippen molar-refractivity contribution in [2.24, 2.45) is 0 Å². The molecule has 0 bridgehead atoms. The summed E-state index contributed by atoms with van der Waals surface area (Å²) in [6.45, 7) is 5.12. The lowest BCUT2D eigenvalue weighted by Gasteiger charge is -2.30. The molecule has 1 aromatic heterocycles. The summed E-state index contributed by atoms with van der Waals surface area (Å²) in [4.78, 5) is 8.61. The van der Waals surface area contributed by atoms with E-state index >= 15 is 0 Å². The zero-order chi connectivity index (χ0) is 17.2. The number of ether oxygens (including phenoxy) is 1. The second-order valence-electron chi connectivity index (χ2n) is 6.75. The van der Waals surface area contributed by atoms with Crippen LogP contribution in [0, 0.1) is 13.8 Å². The Balaban J connectivity index is 1.50. The van der Waals surface area contributed by atoms with Crippen LogP contribution in [0.15, 0.2) is 6.07 Å². The first-order valence-corrected chi connectivity index (χ1v) is 10.1. The van der Waals surface area contributed by atoms with E-state index in [9.17, 15) is 8.42 Å². The van der Waals surface area contributed by atoms with Gasteiger partial charge in [-0.25, -0.2) is 9.97 Å².